The molecule has 2 bridgehead atoms. The van der Waals surface area contributed by atoms with Crippen LogP contribution in [0.1, 0.15) is 55.6 Å². The smallest absolute Gasteiger partial charge is 0.268 e. The van der Waals surface area contributed by atoms with E-state index >= 15 is 0 Å². The summed E-state index contributed by atoms with van der Waals surface area (Å²) >= 11 is 6.17. The van der Waals surface area contributed by atoms with E-state index in [4.69, 9.17) is 11.6 Å². The van der Waals surface area contributed by atoms with Crippen molar-refractivity contribution >= 4 is 28.4 Å². The van der Waals surface area contributed by atoms with Gasteiger partial charge in [0.05, 0.1) is 0 Å². The van der Waals surface area contributed by atoms with Crippen molar-refractivity contribution in [2.75, 3.05) is 0 Å². The zero-order valence-electron chi connectivity index (χ0n) is 15.3. The number of rotatable bonds is 4. The number of fused-ring (bicyclic) bond motifs is 3. The highest BCUT2D eigenvalue weighted by molar-refractivity contribution is 6.31. The topological polar surface area (TPSA) is 34.0 Å². The molecular weight excluding hydrogens is 332 g/mol. The molecule has 0 spiro atoms. The molecule has 134 valence electrons. The maximum atomic E-state index is 13.1. The van der Waals surface area contributed by atoms with Gasteiger partial charge in [-0.2, -0.15) is 0 Å². The van der Waals surface area contributed by atoms with Gasteiger partial charge in [-0.05, 0) is 81.5 Å². The summed E-state index contributed by atoms with van der Waals surface area (Å²) in [6, 6.07) is 6.13. The molecule has 4 rings (SSSR count). The van der Waals surface area contributed by atoms with Crippen LogP contribution < -0.4 is 5.32 Å². The van der Waals surface area contributed by atoms with Crippen LogP contribution in [-0.2, 0) is 6.54 Å². The fraction of sp³-hybridized carbons (Fsp3) is 0.571. The molecule has 2 saturated carbocycles. The third-order valence-corrected chi connectivity index (χ3v) is 6.84. The highest BCUT2D eigenvalue weighted by Gasteiger charge is 2.42. The van der Waals surface area contributed by atoms with Crippen LogP contribution in [0, 0.1) is 24.7 Å². The van der Waals surface area contributed by atoms with Crippen LogP contribution in [-0.4, -0.2) is 16.5 Å². The summed E-state index contributed by atoms with van der Waals surface area (Å²) in [5.41, 5.74) is 2.90. The minimum absolute atomic E-state index is 0.0574. The lowest BCUT2D eigenvalue weighted by Crippen LogP contribution is -2.41. The van der Waals surface area contributed by atoms with Gasteiger partial charge in [0, 0.05) is 28.5 Å². The molecule has 1 heterocycles. The molecule has 1 N–H and O–H groups in total. The minimum atomic E-state index is 0.0574. The fourth-order valence-corrected chi connectivity index (χ4v) is 5.58. The minimum Gasteiger partial charge on any atom is -0.348 e. The van der Waals surface area contributed by atoms with Crippen molar-refractivity contribution in [2.45, 2.75) is 59.0 Å². The summed E-state index contributed by atoms with van der Waals surface area (Å²) in [5, 5.41) is 5.11. The largest absolute Gasteiger partial charge is 0.348 e. The summed E-state index contributed by atoms with van der Waals surface area (Å²) in [5.74, 6) is 2.43. The van der Waals surface area contributed by atoms with Crippen LogP contribution >= 0.6 is 11.6 Å². The Balaban J connectivity index is 1.62. The van der Waals surface area contributed by atoms with Crippen LogP contribution in [0.4, 0.5) is 0 Å². The van der Waals surface area contributed by atoms with Gasteiger partial charge in [-0.25, -0.2) is 0 Å². The molecule has 1 amide bonds. The summed E-state index contributed by atoms with van der Waals surface area (Å²) in [7, 11) is 0. The Labute approximate surface area is 154 Å². The molecule has 4 heteroatoms. The van der Waals surface area contributed by atoms with Gasteiger partial charge in [0.15, 0.2) is 0 Å². The van der Waals surface area contributed by atoms with E-state index in [1.54, 1.807) is 0 Å². The number of hydrogen-bond acceptors (Lipinski definition) is 1. The van der Waals surface area contributed by atoms with E-state index in [0.29, 0.717) is 10.9 Å². The second kappa shape index (κ2) is 6.35. The van der Waals surface area contributed by atoms with Crippen molar-refractivity contribution in [1.82, 2.24) is 9.88 Å². The Morgan fingerprint density at radius 2 is 2.16 bits per heavy atom. The molecule has 1 aromatic heterocycles. The Hall–Kier alpha value is -1.48. The van der Waals surface area contributed by atoms with E-state index in [2.05, 4.69) is 23.7 Å². The van der Waals surface area contributed by atoms with E-state index in [9.17, 15) is 4.79 Å². The van der Waals surface area contributed by atoms with Crippen molar-refractivity contribution in [2.24, 2.45) is 17.8 Å². The first kappa shape index (κ1) is 17.0. The maximum Gasteiger partial charge on any atom is 0.268 e. The average Bonchev–Trinajstić information content (AvgIpc) is 3.28. The number of amides is 1. The molecule has 3 nitrogen and oxygen atoms in total. The summed E-state index contributed by atoms with van der Waals surface area (Å²) in [4.78, 5) is 13.1. The Bertz CT molecular complexity index is 825. The predicted molar refractivity (Wildman–Crippen MR) is 103 cm³/mol. The average molecular weight is 359 g/mol. The Morgan fingerprint density at radius 3 is 2.80 bits per heavy atom. The number of carbonyl (C=O) groups excluding carboxylic acids is 1. The zero-order chi connectivity index (χ0) is 17.7. The van der Waals surface area contributed by atoms with Crippen LogP contribution in [0.5, 0.6) is 0 Å². The predicted octanol–water partition coefficient (Wildman–Crippen LogP) is 5.18. The van der Waals surface area contributed by atoms with Crippen molar-refractivity contribution in [3.63, 3.8) is 0 Å². The van der Waals surface area contributed by atoms with E-state index in [-0.39, 0.29) is 11.9 Å². The fourth-order valence-electron chi connectivity index (χ4n) is 5.40. The number of nitrogens with one attached hydrogen (secondary N) is 1. The molecule has 4 unspecified atom stereocenters. The van der Waals surface area contributed by atoms with Gasteiger partial charge in [-0.3, -0.25) is 4.79 Å². The van der Waals surface area contributed by atoms with Gasteiger partial charge in [0.1, 0.15) is 5.69 Å². The Kier molecular flexibility index (Phi) is 4.31. The van der Waals surface area contributed by atoms with Crippen molar-refractivity contribution < 1.29 is 4.79 Å². The lowest BCUT2D eigenvalue weighted by Gasteiger charge is -2.28. The van der Waals surface area contributed by atoms with Gasteiger partial charge >= 0.3 is 0 Å². The second-order valence-electron chi connectivity index (χ2n) is 7.98. The third kappa shape index (κ3) is 2.77. The second-order valence-corrected chi connectivity index (χ2v) is 8.42. The van der Waals surface area contributed by atoms with Gasteiger partial charge in [0.2, 0.25) is 0 Å². The zero-order valence-corrected chi connectivity index (χ0v) is 16.1. The first-order valence-electron chi connectivity index (χ1n) is 9.58. The monoisotopic (exact) mass is 358 g/mol. The standard InChI is InChI=1S/C21H27ClN2O/c1-4-24-19-8-7-16(22)11-17(19)12(2)20(24)21(25)23-13(3)18-10-14-5-6-15(18)9-14/h7-8,11,13-15,18H,4-6,9-10H2,1-3H3,(H,23,25). The number of halogens is 1. The van der Waals surface area contributed by atoms with Gasteiger partial charge in [-0.15, -0.1) is 0 Å². The third-order valence-electron chi connectivity index (χ3n) is 6.60. The normalized spacial score (nSPS) is 26.3. The molecule has 25 heavy (non-hydrogen) atoms. The number of carbonyl (C=O) groups is 1. The SMILES string of the molecule is CCn1c(C(=O)NC(C)C2CC3CCC2C3)c(C)c2cc(Cl)ccc21. The van der Waals surface area contributed by atoms with E-state index < -0.39 is 0 Å². The summed E-state index contributed by atoms with van der Waals surface area (Å²) < 4.78 is 2.11. The summed E-state index contributed by atoms with van der Waals surface area (Å²) in [6.07, 6.45) is 5.41. The first-order valence-corrected chi connectivity index (χ1v) is 9.96. The maximum absolute atomic E-state index is 13.1. The number of aryl methyl sites for hydroxylation is 2. The van der Waals surface area contributed by atoms with Crippen LogP contribution in [0.15, 0.2) is 18.2 Å². The molecule has 2 aromatic rings. The lowest BCUT2D eigenvalue weighted by molar-refractivity contribution is 0.0905. The van der Waals surface area contributed by atoms with E-state index in [0.717, 1.165) is 40.5 Å². The molecule has 4 atom stereocenters. The number of nitrogens with zero attached hydrogens (tertiary/aromatic N) is 1. The summed E-state index contributed by atoms with van der Waals surface area (Å²) in [6.45, 7) is 7.08. The van der Waals surface area contributed by atoms with Crippen molar-refractivity contribution in [3.8, 4) is 0 Å². The van der Waals surface area contributed by atoms with Gasteiger partial charge < -0.3 is 9.88 Å². The molecule has 2 fully saturated rings. The van der Waals surface area contributed by atoms with Crippen LogP contribution in [0.25, 0.3) is 10.9 Å². The molecule has 2 aliphatic carbocycles. The van der Waals surface area contributed by atoms with Crippen LogP contribution in [0.2, 0.25) is 5.02 Å². The molecule has 2 aliphatic rings. The van der Waals surface area contributed by atoms with Gasteiger partial charge in [0.25, 0.3) is 5.91 Å². The lowest BCUT2D eigenvalue weighted by atomic mass is 9.84. The Morgan fingerprint density at radius 1 is 1.36 bits per heavy atom. The highest BCUT2D eigenvalue weighted by Crippen LogP contribution is 2.49. The van der Waals surface area contributed by atoms with Crippen molar-refractivity contribution in [3.05, 3.63) is 34.5 Å². The van der Waals surface area contributed by atoms with E-state index in [1.807, 2.05) is 25.1 Å². The number of hydrogen-bond donors (Lipinski definition) is 1. The van der Waals surface area contributed by atoms with Gasteiger partial charge in [-0.1, -0.05) is 18.0 Å². The van der Waals surface area contributed by atoms with E-state index in [1.165, 1.54) is 25.7 Å². The van der Waals surface area contributed by atoms with Crippen LogP contribution in [0.3, 0.4) is 0 Å². The molecule has 0 aliphatic heterocycles. The first-order chi connectivity index (χ1) is 12.0. The number of aromatic nitrogens is 1. The highest BCUT2D eigenvalue weighted by atomic mass is 35.5. The molecule has 0 saturated heterocycles. The molecular formula is C21H27ClN2O. The number of benzene rings is 1. The molecule has 0 radical (unpaired) electrons. The van der Waals surface area contributed by atoms with Crippen molar-refractivity contribution in [1.29, 1.82) is 0 Å². The quantitative estimate of drug-likeness (QED) is 0.802. The molecule has 1 aromatic carbocycles.